The SMILES string of the molecule is CCC(NC(=O)N1CCC(NS(=O)(=O)c2cccs2)CC1)c1cccc(Cl)c1. The van der Waals surface area contributed by atoms with Gasteiger partial charge in [0, 0.05) is 24.2 Å². The molecule has 0 radical (unpaired) electrons. The average Bonchev–Trinajstić information content (AvgIpc) is 3.22. The van der Waals surface area contributed by atoms with Crippen LogP contribution in [0.15, 0.2) is 46.0 Å². The summed E-state index contributed by atoms with van der Waals surface area (Å²) in [6.07, 6.45) is 1.93. The zero-order chi connectivity index (χ0) is 20.1. The molecule has 0 saturated carbocycles. The monoisotopic (exact) mass is 441 g/mol. The van der Waals surface area contributed by atoms with Crippen molar-refractivity contribution in [1.82, 2.24) is 14.9 Å². The average molecular weight is 442 g/mol. The van der Waals surface area contributed by atoms with Gasteiger partial charge in [-0.15, -0.1) is 11.3 Å². The van der Waals surface area contributed by atoms with Crippen LogP contribution >= 0.6 is 22.9 Å². The van der Waals surface area contributed by atoms with Crippen molar-refractivity contribution in [2.45, 2.75) is 42.5 Å². The molecule has 6 nitrogen and oxygen atoms in total. The number of rotatable bonds is 6. The van der Waals surface area contributed by atoms with Gasteiger partial charge in [-0.3, -0.25) is 0 Å². The molecule has 0 spiro atoms. The molecule has 1 aliphatic rings. The van der Waals surface area contributed by atoms with Crippen LogP contribution in [-0.4, -0.2) is 38.5 Å². The lowest BCUT2D eigenvalue weighted by molar-refractivity contribution is 0.176. The van der Waals surface area contributed by atoms with Gasteiger partial charge >= 0.3 is 6.03 Å². The fourth-order valence-corrected chi connectivity index (χ4v) is 5.79. The summed E-state index contributed by atoms with van der Waals surface area (Å²) in [5.74, 6) is 0. The number of hydrogen-bond donors (Lipinski definition) is 2. The highest BCUT2D eigenvalue weighted by Gasteiger charge is 2.28. The van der Waals surface area contributed by atoms with Gasteiger partial charge in [-0.1, -0.05) is 36.7 Å². The van der Waals surface area contributed by atoms with E-state index in [1.165, 1.54) is 11.3 Å². The number of amides is 2. The fourth-order valence-electron chi connectivity index (χ4n) is 3.28. The molecule has 0 aliphatic carbocycles. The number of thiophene rings is 1. The van der Waals surface area contributed by atoms with Gasteiger partial charge in [-0.25, -0.2) is 17.9 Å². The summed E-state index contributed by atoms with van der Waals surface area (Å²) in [6, 6.07) is 10.4. The van der Waals surface area contributed by atoms with Crippen molar-refractivity contribution in [3.63, 3.8) is 0 Å². The van der Waals surface area contributed by atoms with Crippen LogP contribution in [0.4, 0.5) is 4.79 Å². The number of nitrogens with zero attached hydrogens (tertiary/aromatic N) is 1. The van der Waals surface area contributed by atoms with Crippen LogP contribution in [0.25, 0.3) is 0 Å². The maximum Gasteiger partial charge on any atom is 0.317 e. The molecule has 3 rings (SSSR count). The molecule has 0 bridgehead atoms. The lowest BCUT2D eigenvalue weighted by Gasteiger charge is -2.33. The summed E-state index contributed by atoms with van der Waals surface area (Å²) in [6.45, 7) is 3.03. The van der Waals surface area contributed by atoms with E-state index in [0.717, 1.165) is 12.0 Å². The third-order valence-corrected chi connectivity index (χ3v) is 7.97. The fraction of sp³-hybridized carbons (Fsp3) is 0.421. The van der Waals surface area contributed by atoms with Crippen LogP contribution in [0.1, 0.15) is 37.8 Å². The molecule has 2 amide bonds. The van der Waals surface area contributed by atoms with Gasteiger partial charge in [0.15, 0.2) is 0 Å². The summed E-state index contributed by atoms with van der Waals surface area (Å²) in [5, 5.41) is 5.44. The maximum absolute atomic E-state index is 12.6. The molecule has 1 aromatic carbocycles. The molecule has 1 unspecified atom stereocenters. The molecule has 2 heterocycles. The molecule has 1 fully saturated rings. The quantitative estimate of drug-likeness (QED) is 0.710. The van der Waals surface area contributed by atoms with E-state index in [9.17, 15) is 13.2 Å². The van der Waals surface area contributed by atoms with Crippen molar-refractivity contribution in [3.05, 3.63) is 52.4 Å². The largest absolute Gasteiger partial charge is 0.331 e. The molecular formula is C19H24ClN3O3S2. The van der Waals surface area contributed by atoms with Crippen LogP contribution < -0.4 is 10.0 Å². The first-order valence-electron chi connectivity index (χ1n) is 9.26. The number of urea groups is 1. The number of sulfonamides is 1. The predicted molar refractivity (Wildman–Crippen MR) is 112 cm³/mol. The zero-order valence-corrected chi connectivity index (χ0v) is 18.0. The van der Waals surface area contributed by atoms with E-state index in [0.29, 0.717) is 35.2 Å². The standard InChI is InChI=1S/C19H24ClN3O3S2/c1-2-17(14-5-3-6-15(20)13-14)21-19(24)23-10-8-16(9-11-23)22-28(25,26)18-7-4-12-27-18/h3-7,12-13,16-17,22H,2,8-11H2,1H3,(H,21,24). The molecule has 1 aliphatic heterocycles. The predicted octanol–water partition coefficient (Wildman–Crippen LogP) is 4.01. The Kier molecular flexibility index (Phi) is 6.98. The molecule has 28 heavy (non-hydrogen) atoms. The van der Waals surface area contributed by atoms with E-state index in [2.05, 4.69) is 10.0 Å². The number of likely N-dealkylation sites (tertiary alicyclic amines) is 1. The number of hydrogen-bond acceptors (Lipinski definition) is 4. The Balaban J connectivity index is 1.53. The normalized spacial score (nSPS) is 16.7. The Labute approximate surface area is 174 Å². The second kappa shape index (κ2) is 9.26. The molecule has 2 aromatic rings. The van der Waals surface area contributed by atoms with Gasteiger partial charge in [-0.2, -0.15) is 0 Å². The first-order chi connectivity index (χ1) is 13.4. The summed E-state index contributed by atoms with van der Waals surface area (Å²) < 4.78 is 27.8. The summed E-state index contributed by atoms with van der Waals surface area (Å²) in [5.41, 5.74) is 0.974. The van der Waals surface area contributed by atoms with E-state index in [4.69, 9.17) is 11.6 Å². The van der Waals surface area contributed by atoms with Crippen molar-refractivity contribution in [3.8, 4) is 0 Å². The molecule has 2 N–H and O–H groups in total. The third kappa shape index (κ3) is 5.26. The Bertz CT molecular complexity index is 895. The molecule has 152 valence electrons. The lowest BCUT2D eigenvalue weighted by atomic mass is 10.0. The van der Waals surface area contributed by atoms with Crippen molar-refractivity contribution in [2.75, 3.05) is 13.1 Å². The van der Waals surface area contributed by atoms with E-state index < -0.39 is 10.0 Å². The van der Waals surface area contributed by atoms with Crippen molar-refractivity contribution in [1.29, 1.82) is 0 Å². The van der Waals surface area contributed by atoms with Gasteiger partial charge in [0.25, 0.3) is 0 Å². The highest BCUT2D eigenvalue weighted by Crippen LogP contribution is 2.22. The second-order valence-corrected chi connectivity index (χ2v) is 10.1. The van der Waals surface area contributed by atoms with Crippen molar-refractivity contribution >= 4 is 39.0 Å². The van der Waals surface area contributed by atoms with Gasteiger partial charge < -0.3 is 10.2 Å². The Morgan fingerprint density at radius 2 is 2.04 bits per heavy atom. The van der Waals surface area contributed by atoms with Gasteiger partial charge in [0.2, 0.25) is 10.0 Å². The van der Waals surface area contributed by atoms with Gasteiger partial charge in [0.1, 0.15) is 4.21 Å². The molecule has 1 saturated heterocycles. The van der Waals surface area contributed by atoms with E-state index in [1.807, 2.05) is 31.2 Å². The minimum absolute atomic E-state index is 0.110. The molecule has 1 atom stereocenters. The molecule has 9 heteroatoms. The van der Waals surface area contributed by atoms with Crippen LogP contribution in [0.2, 0.25) is 5.02 Å². The zero-order valence-electron chi connectivity index (χ0n) is 15.6. The number of benzene rings is 1. The van der Waals surface area contributed by atoms with Gasteiger partial charge in [0.05, 0.1) is 6.04 Å². The number of piperidine rings is 1. The number of carbonyl (C=O) groups excluding carboxylic acids is 1. The number of carbonyl (C=O) groups is 1. The lowest BCUT2D eigenvalue weighted by Crippen LogP contribution is -2.49. The first kappa shape index (κ1) is 21.1. The highest BCUT2D eigenvalue weighted by atomic mass is 35.5. The summed E-state index contributed by atoms with van der Waals surface area (Å²) in [4.78, 5) is 14.4. The maximum atomic E-state index is 12.6. The summed E-state index contributed by atoms with van der Waals surface area (Å²) >= 11 is 7.26. The third-order valence-electron chi connectivity index (χ3n) is 4.82. The first-order valence-corrected chi connectivity index (χ1v) is 12.0. The van der Waals surface area contributed by atoms with Gasteiger partial charge in [-0.05, 0) is 48.4 Å². The smallest absolute Gasteiger partial charge is 0.317 e. The van der Waals surface area contributed by atoms with Crippen molar-refractivity contribution in [2.24, 2.45) is 0 Å². The number of halogens is 1. The molecular weight excluding hydrogens is 418 g/mol. The molecule has 1 aromatic heterocycles. The van der Waals surface area contributed by atoms with E-state index >= 15 is 0 Å². The Hall–Kier alpha value is -1.61. The minimum Gasteiger partial charge on any atom is -0.331 e. The van der Waals surface area contributed by atoms with E-state index in [-0.39, 0.29) is 18.1 Å². The van der Waals surface area contributed by atoms with Crippen molar-refractivity contribution < 1.29 is 13.2 Å². The summed E-state index contributed by atoms with van der Waals surface area (Å²) in [7, 11) is -3.48. The topological polar surface area (TPSA) is 78.5 Å². The number of nitrogens with one attached hydrogen (secondary N) is 2. The van der Waals surface area contributed by atoms with Crippen LogP contribution in [0.3, 0.4) is 0 Å². The van der Waals surface area contributed by atoms with Crippen LogP contribution in [0.5, 0.6) is 0 Å². The Morgan fingerprint density at radius 3 is 2.64 bits per heavy atom. The van der Waals surface area contributed by atoms with Crippen LogP contribution in [0, 0.1) is 0 Å². The second-order valence-electron chi connectivity index (χ2n) is 6.78. The Morgan fingerprint density at radius 1 is 1.29 bits per heavy atom. The van der Waals surface area contributed by atoms with Crippen LogP contribution in [-0.2, 0) is 10.0 Å². The minimum atomic E-state index is -3.48. The van der Waals surface area contributed by atoms with E-state index in [1.54, 1.807) is 22.4 Å². The highest BCUT2D eigenvalue weighted by molar-refractivity contribution is 7.91.